The Labute approximate surface area is 153 Å². The summed E-state index contributed by atoms with van der Waals surface area (Å²) < 4.78 is 26.3. The fraction of sp³-hybridized carbons (Fsp3) is 0.278. The summed E-state index contributed by atoms with van der Waals surface area (Å²) in [6.45, 7) is 5.80. The molecule has 0 atom stereocenters. The summed E-state index contributed by atoms with van der Waals surface area (Å²) >= 11 is 1.45. The number of nitrogens with one attached hydrogen (secondary N) is 2. The molecule has 2 N–H and O–H groups in total. The maximum Gasteiger partial charge on any atom is 0.240 e. The molecule has 134 valence electrons. The lowest BCUT2D eigenvalue weighted by Gasteiger charge is -2.10. The summed E-state index contributed by atoms with van der Waals surface area (Å²) in [5.74, 6) is 0.0738. The fourth-order valence-corrected chi connectivity index (χ4v) is 4.02. The van der Waals surface area contributed by atoms with Gasteiger partial charge in [-0.3, -0.25) is 4.79 Å². The Bertz CT molecular complexity index is 893. The summed E-state index contributed by atoms with van der Waals surface area (Å²) in [7, 11) is -2.20. The third-order valence-corrected chi connectivity index (χ3v) is 6.43. The number of thioether (sulfide) groups is 1. The maximum absolute atomic E-state index is 12.2. The SMILES string of the molecule is CNS(=O)(=O)c1cc(NC(=O)CSc2ccc(C)c(C)c2)ccc1C. The van der Waals surface area contributed by atoms with Crippen molar-refractivity contribution in [1.82, 2.24) is 4.72 Å². The largest absolute Gasteiger partial charge is 0.325 e. The van der Waals surface area contributed by atoms with E-state index in [-0.39, 0.29) is 16.6 Å². The molecule has 25 heavy (non-hydrogen) atoms. The third-order valence-electron chi connectivity index (χ3n) is 3.88. The lowest BCUT2D eigenvalue weighted by molar-refractivity contribution is -0.113. The molecule has 1 amide bonds. The number of sulfonamides is 1. The molecule has 0 aliphatic carbocycles. The van der Waals surface area contributed by atoms with Gasteiger partial charge in [0.15, 0.2) is 0 Å². The van der Waals surface area contributed by atoms with E-state index in [9.17, 15) is 13.2 Å². The quantitative estimate of drug-likeness (QED) is 0.757. The standard InChI is InChI=1S/C18H22N2O3S2/c1-12-6-8-16(9-14(12)3)24-11-18(21)20-15-7-5-13(2)17(10-15)25(22,23)19-4/h5-10,19H,11H2,1-4H3,(H,20,21). The average molecular weight is 379 g/mol. The molecule has 2 aromatic rings. The molecule has 0 saturated carbocycles. The number of rotatable bonds is 6. The van der Waals surface area contributed by atoms with Gasteiger partial charge < -0.3 is 5.32 Å². The zero-order chi connectivity index (χ0) is 18.6. The minimum Gasteiger partial charge on any atom is -0.325 e. The van der Waals surface area contributed by atoms with Crippen molar-refractivity contribution in [2.24, 2.45) is 0 Å². The molecule has 0 saturated heterocycles. The lowest BCUT2D eigenvalue weighted by atomic mass is 10.1. The van der Waals surface area contributed by atoms with Crippen molar-refractivity contribution in [1.29, 1.82) is 0 Å². The second kappa shape index (κ2) is 8.03. The summed E-state index contributed by atoms with van der Waals surface area (Å²) in [6.07, 6.45) is 0. The van der Waals surface area contributed by atoms with Crippen LogP contribution in [0.2, 0.25) is 0 Å². The fourth-order valence-electron chi connectivity index (χ4n) is 2.23. The van der Waals surface area contributed by atoms with Gasteiger partial charge in [0.05, 0.1) is 10.6 Å². The monoisotopic (exact) mass is 378 g/mol. The average Bonchev–Trinajstić information content (AvgIpc) is 2.57. The number of benzene rings is 2. The molecular formula is C18H22N2O3S2. The predicted molar refractivity (Wildman–Crippen MR) is 103 cm³/mol. The molecule has 0 fully saturated rings. The molecule has 0 unspecified atom stereocenters. The molecular weight excluding hydrogens is 356 g/mol. The van der Waals surface area contributed by atoms with Crippen molar-refractivity contribution >= 4 is 33.4 Å². The van der Waals surface area contributed by atoms with Crippen molar-refractivity contribution in [2.45, 2.75) is 30.6 Å². The smallest absolute Gasteiger partial charge is 0.240 e. The van der Waals surface area contributed by atoms with E-state index in [2.05, 4.69) is 16.1 Å². The maximum atomic E-state index is 12.2. The van der Waals surface area contributed by atoms with Gasteiger partial charge in [-0.15, -0.1) is 11.8 Å². The number of hydrogen-bond donors (Lipinski definition) is 2. The van der Waals surface area contributed by atoms with Gasteiger partial charge in [-0.1, -0.05) is 12.1 Å². The minimum atomic E-state index is -3.56. The molecule has 2 rings (SSSR count). The summed E-state index contributed by atoms with van der Waals surface area (Å²) in [6, 6.07) is 10.9. The van der Waals surface area contributed by atoms with Crippen molar-refractivity contribution < 1.29 is 13.2 Å². The van der Waals surface area contributed by atoms with E-state index in [1.807, 2.05) is 26.0 Å². The van der Waals surface area contributed by atoms with Crippen molar-refractivity contribution in [2.75, 3.05) is 18.1 Å². The van der Waals surface area contributed by atoms with Gasteiger partial charge in [-0.25, -0.2) is 13.1 Å². The van der Waals surface area contributed by atoms with E-state index in [0.29, 0.717) is 11.3 Å². The molecule has 0 aliphatic heterocycles. The molecule has 5 nitrogen and oxygen atoms in total. The normalized spacial score (nSPS) is 11.4. The van der Waals surface area contributed by atoms with E-state index in [1.54, 1.807) is 19.1 Å². The molecule has 0 spiro atoms. The Balaban J connectivity index is 2.05. The Kier molecular flexibility index (Phi) is 6.26. The van der Waals surface area contributed by atoms with Gasteiger partial charge >= 0.3 is 0 Å². The predicted octanol–water partition coefficient (Wildman–Crippen LogP) is 3.25. The number of amides is 1. The van der Waals surface area contributed by atoms with Gasteiger partial charge in [0.2, 0.25) is 15.9 Å². The van der Waals surface area contributed by atoms with Crippen molar-refractivity contribution in [3.8, 4) is 0 Å². The zero-order valence-electron chi connectivity index (χ0n) is 14.7. The van der Waals surface area contributed by atoms with Crippen molar-refractivity contribution in [3.05, 3.63) is 53.1 Å². The molecule has 0 aliphatic rings. The molecule has 0 aromatic heterocycles. The van der Waals surface area contributed by atoms with Crippen LogP contribution in [0, 0.1) is 20.8 Å². The Morgan fingerprint density at radius 2 is 1.68 bits per heavy atom. The van der Waals surface area contributed by atoms with Crippen LogP contribution in [-0.2, 0) is 14.8 Å². The summed E-state index contributed by atoms with van der Waals surface area (Å²) in [4.78, 5) is 13.3. The Morgan fingerprint density at radius 1 is 1.00 bits per heavy atom. The van der Waals surface area contributed by atoms with Crippen LogP contribution >= 0.6 is 11.8 Å². The Hall–Kier alpha value is -1.83. The van der Waals surface area contributed by atoms with E-state index in [4.69, 9.17) is 0 Å². The van der Waals surface area contributed by atoms with E-state index in [1.165, 1.54) is 36.0 Å². The first-order valence-corrected chi connectivity index (χ1v) is 10.2. The van der Waals surface area contributed by atoms with Crippen LogP contribution in [0.1, 0.15) is 16.7 Å². The molecule has 0 bridgehead atoms. The molecule has 0 radical (unpaired) electrons. The van der Waals surface area contributed by atoms with Crippen molar-refractivity contribution in [3.63, 3.8) is 0 Å². The molecule has 7 heteroatoms. The van der Waals surface area contributed by atoms with Gasteiger partial charge in [0, 0.05) is 10.6 Å². The van der Waals surface area contributed by atoms with Gasteiger partial charge in [-0.05, 0) is 68.8 Å². The van der Waals surface area contributed by atoms with Gasteiger partial charge in [0.25, 0.3) is 0 Å². The van der Waals surface area contributed by atoms with Crippen LogP contribution in [0.15, 0.2) is 46.2 Å². The molecule has 0 heterocycles. The third kappa shape index (κ3) is 5.07. The second-order valence-electron chi connectivity index (χ2n) is 5.77. The zero-order valence-corrected chi connectivity index (χ0v) is 16.3. The van der Waals surface area contributed by atoms with Crippen LogP contribution in [0.4, 0.5) is 5.69 Å². The van der Waals surface area contributed by atoms with Gasteiger partial charge in [-0.2, -0.15) is 0 Å². The summed E-state index contributed by atoms with van der Waals surface area (Å²) in [5.41, 5.74) is 3.49. The molecule has 2 aromatic carbocycles. The number of anilines is 1. The highest BCUT2D eigenvalue weighted by molar-refractivity contribution is 8.00. The topological polar surface area (TPSA) is 75.3 Å². The van der Waals surface area contributed by atoms with Crippen LogP contribution < -0.4 is 10.0 Å². The van der Waals surface area contributed by atoms with E-state index >= 15 is 0 Å². The number of carbonyl (C=O) groups excluding carboxylic acids is 1. The number of hydrogen-bond acceptors (Lipinski definition) is 4. The highest BCUT2D eigenvalue weighted by atomic mass is 32.2. The second-order valence-corrected chi connectivity index (χ2v) is 8.67. The number of aryl methyl sites for hydroxylation is 3. The summed E-state index contributed by atoms with van der Waals surface area (Å²) in [5, 5.41) is 2.75. The highest BCUT2D eigenvalue weighted by Gasteiger charge is 2.15. The van der Waals surface area contributed by atoms with Gasteiger partial charge in [0.1, 0.15) is 0 Å². The van der Waals surface area contributed by atoms with Crippen LogP contribution in [-0.4, -0.2) is 27.1 Å². The number of carbonyl (C=O) groups is 1. The first kappa shape index (κ1) is 19.5. The first-order valence-electron chi connectivity index (χ1n) is 7.77. The van der Waals surface area contributed by atoms with Crippen LogP contribution in [0.3, 0.4) is 0 Å². The van der Waals surface area contributed by atoms with Crippen LogP contribution in [0.25, 0.3) is 0 Å². The van der Waals surface area contributed by atoms with E-state index < -0.39 is 10.0 Å². The highest BCUT2D eigenvalue weighted by Crippen LogP contribution is 2.23. The first-order chi connectivity index (χ1) is 11.7. The van der Waals surface area contributed by atoms with Crippen LogP contribution in [0.5, 0.6) is 0 Å². The lowest BCUT2D eigenvalue weighted by Crippen LogP contribution is -2.20. The minimum absolute atomic E-state index is 0.162. The Morgan fingerprint density at radius 3 is 2.32 bits per heavy atom. The van der Waals surface area contributed by atoms with E-state index in [0.717, 1.165) is 4.90 Å².